The van der Waals surface area contributed by atoms with Crippen LogP contribution in [0.15, 0.2) is 34.7 Å². The molecule has 1 saturated carbocycles. The number of tetrazole rings is 1. The summed E-state index contributed by atoms with van der Waals surface area (Å²) in [5, 5.41) is 34.9. The number of carbonyl (C=O) groups is 2. The number of hydrogen-bond acceptors (Lipinski definition) is 9. The van der Waals surface area contributed by atoms with E-state index in [2.05, 4.69) is 20.7 Å². The minimum absolute atomic E-state index is 0.0152. The van der Waals surface area contributed by atoms with E-state index in [1.54, 1.807) is 25.1 Å². The quantitative estimate of drug-likeness (QED) is 0.378. The van der Waals surface area contributed by atoms with E-state index < -0.39 is 11.9 Å². The first-order valence-corrected chi connectivity index (χ1v) is 11.8. The van der Waals surface area contributed by atoms with E-state index in [-0.39, 0.29) is 49.0 Å². The fourth-order valence-electron chi connectivity index (χ4n) is 4.37. The second kappa shape index (κ2) is 11.2. The molecule has 0 spiro atoms. The van der Waals surface area contributed by atoms with Crippen molar-refractivity contribution >= 4 is 11.8 Å². The number of aryl methyl sites for hydroxylation is 1. The average molecular weight is 499 g/mol. The van der Waals surface area contributed by atoms with E-state index in [1.807, 2.05) is 0 Å². The molecule has 0 bridgehead atoms. The summed E-state index contributed by atoms with van der Waals surface area (Å²) >= 11 is 0. The maximum Gasteiger partial charge on any atom is 0.247 e. The van der Waals surface area contributed by atoms with Crippen LogP contribution < -0.4 is 10.1 Å². The lowest BCUT2D eigenvalue weighted by atomic mass is 10.0. The fraction of sp³-hybridized carbons (Fsp3) is 0.458. The van der Waals surface area contributed by atoms with Crippen LogP contribution in [0, 0.1) is 6.92 Å². The molecule has 1 aromatic carbocycles. The maximum absolute atomic E-state index is 13.5. The molecule has 2 heterocycles. The van der Waals surface area contributed by atoms with Gasteiger partial charge in [-0.2, -0.15) is 4.80 Å². The summed E-state index contributed by atoms with van der Waals surface area (Å²) in [6.45, 7) is 1.01. The van der Waals surface area contributed by atoms with Gasteiger partial charge in [-0.15, -0.1) is 10.2 Å². The number of aliphatic hydroxyl groups is 1. The van der Waals surface area contributed by atoms with Crippen molar-refractivity contribution in [3.05, 3.63) is 41.7 Å². The third-order valence-corrected chi connectivity index (χ3v) is 6.13. The Morgan fingerprint density at radius 1 is 1.28 bits per heavy atom. The number of benzene rings is 1. The molecule has 3 N–H and O–H groups in total. The smallest absolute Gasteiger partial charge is 0.247 e. The molecule has 12 nitrogen and oxygen atoms in total. The van der Waals surface area contributed by atoms with Gasteiger partial charge in [-0.1, -0.05) is 18.9 Å². The SMILES string of the molecule is COc1cc([C@H](C(=O)NC2CCCC2)N(CCO)C(=O)Cn2nnc(-c3ccc(C)o3)n2)ccc1O. The Morgan fingerprint density at radius 2 is 2.06 bits per heavy atom. The third-order valence-electron chi connectivity index (χ3n) is 6.13. The van der Waals surface area contributed by atoms with Crippen molar-refractivity contribution in [3.63, 3.8) is 0 Å². The van der Waals surface area contributed by atoms with E-state index in [4.69, 9.17) is 9.15 Å². The molecule has 192 valence electrons. The molecule has 12 heteroatoms. The highest BCUT2D eigenvalue weighted by Crippen LogP contribution is 2.32. The number of rotatable bonds is 10. The van der Waals surface area contributed by atoms with E-state index in [9.17, 15) is 19.8 Å². The first kappa shape index (κ1) is 25.2. The number of aromatic hydroxyl groups is 1. The van der Waals surface area contributed by atoms with E-state index in [0.29, 0.717) is 17.1 Å². The second-order valence-corrected chi connectivity index (χ2v) is 8.69. The monoisotopic (exact) mass is 498 g/mol. The number of ether oxygens (including phenoxy) is 1. The molecule has 36 heavy (non-hydrogen) atoms. The van der Waals surface area contributed by atoms with Crippen molar-refractivity contribution < 1.29 is 29.0 Å². The number of phenols is 1. The van der Waals surface area contributed by atoms with Crippen molar-refractivity contribution in [2.24, 2.45) is 0 Å². The van der Waals surface area contributed by atoms with E-state index in [0.717, 1.165) is 30.5 Å². The van der Waals surface area contributed by atoms with Crippen molar-refractivity contribution in [3.8, 4) is 23.1 Å². The van der Waals surface area contributed by atoms with E-state index in [1.165, 1.54) is 24.1 Å². The molecule has 0 saturated heterocycles. The zero-order chi connectivity index (χ0) is 25.7. The van der Waals surface area contributed by atoms with Crippen LogP contribution >= 0.6 is 0 Å². The summed E-state index contributed by atoms with van der Waals surface area (Å²) < 4.78 is 10.7. The average Bonchev–Trinajstić information content (AvgIpc) is 3.62. The topological polar surface area (TPSA) is 156 Å². The molecule has 0 radical (unpaired) electrons. The minimum atomic E-state index is -1.07. The molecule has 3 aromatic rings. The molecule has 1 atom stereocenters. The second-order valence-electron chi connectivity index (χ2n) is 8.69. The van der Waals surface area contributed by atoms with Gasteiger partial charge in [-0.05, 0) is 54.8 Å². The van der Waals surface area contributed by atoms with E-state index >= 15 is 0 Å². The Bertz CT molecular complexity index is 1200. The van der Waals surface area contributed by atoms with Crippen LogP contribution in [0.25, 0.3) is 11.6 Å². The molecular formula is C24H30N6O6. The Morgan fingerprint density at radius 3 is 2.72 bits per heavy atom. The predicted octanol–water partition coefficient (Wildman–Crippen LogP) is 1.58. The third kappa shape index (κ3) is 5.65. The number of aliphatic hydroxyl groups excluding tert-OH is 1. The molecule has 1 aliphatic rings. The zero-order valence-corrected chi connectivity index (χ0v) is 20.3. The van der Waals surface area contributed by atoms with Crippen molar-refractivity contribution in [1.29, 1.82) is 0 Å². The van der Waals surface area contributed by atoms with Gasteiger partial charge in [0.1, 0.15) is 18.3 Å². The summed E-state index contributed by atoms with van der Waals surface area (Å²) in [5.74, 6) is 0.526. The standard InChI is InChI=1S/C24H30N6O6/c1-15-7-10-19(36-15)23-26-28-30(27-23)14-21(33)29(11-12-31)22(24(34)25-17-5-3-4-6-17)16-8-9-18(32)20(13-16)35-2/h7-10,13,17,22,31-32H,3-6,11-12,14H2,1-2H3,(H,25,34)/t22-/m1/s1. The van der Waals surface area contributed by atoms with Gasteiger partial charge in [0.15, 0.2) is 17.3 Å². The molecule has 0 aliphatic heterocycles. The molecule has 0 unspecified atom stereocenters. The lowest BCUT2D eigenvalue weighted by molar-refractivity contribution is -0.142. The number of methoxy groups -OCH3 is 1. The molecule has 1 aliphatic carbocycles. The highest BCUT2D eigenvalue weighted by atomic mass is 16.5. The van der Waals surface area contributed by atoms with Crippen molar-refractivity contribution in [2.75, 3.05) is 20.3 Å². The maximum atomic E-state index is 13.5. The summed E-state index contributed by atoms with van der Waals surface area (Å²) in [5.41, 5.74) is 0.431. The fourth-order valence-corrected chi connectivity index (χ4v) is 4.37. The van der Waals surface area contributed by atoms with Crippen LogP contribution in [0.4, 0.5) is 0 Å². The highest BCUT2D eigenvalue weighted by Gasteiger charge is 2.34. The zero-order valence-electron chi connectivity index (χ0n) is 20.3. The lowest BCUT2D eigenvalue weighted by Gasteiger charge is -2.32. The molecule has 2 aromatic heterocycles. The molecule has 2 amide bonds. The Kier molecular flexibility index (Phi) is 7.84. The summed E-state index contributed by atoms with van der Waals surface area (Å²) in [7, 11) is 1.40. The first-order valence-electron chi connectivity index (χ1n) is 11.8. The van der Waals surface area contributed by atoms with Gasteiger partial charge < -0.3 is 29.6 Å². The number of carbonyl (C=O) groups excluding carboxylic acids is 2. The molecule has 4 rings (SSSR count). The number of amides is 2. The highest BCUT2D eigenvalue weighted by molar-refractivity contribution is 5.89. The van der Waals surface area contributed by atoms with Crippen LogP contribution in [0.3, 0.4) is 0 Å². The number of nitrogens with zero attached hydrogens (tertiary/aromatic N) is 5. The summed E-state index contributed by atoms with van der Waals surface area (Å²) in [4.78, 5) is 29.3. The number of nitrogens with one attached hydrogen (secondary N) is 1. The summed E-state index contributed by atoms with van der Waals surface area (Å²) in [6, 6.07) is 6.89. The number of furan rings is 1. The lowest BCUT2D eigenvalue weighted by Crippen LogP contribution is -2.48. The predicted molar refractivity (Wildman–Crippen MR) is 127 cm³/mol. The Balaban J connectivity index is 1.61. The van der Waals surface area contributed by atoms with Gasteiger partial charge in [0.05, 0.1) is 13.7 Å². The van der Waals surface area contributed by atoms with Crippen LogP contribution in [0.1, 0.15) is 43.0 Å². The van der Waals surface area contributed by atoms with Gasteiger partial charge in [-0.25, -0.2) is 0 Å². The van der Waals surface area contributed by atoms with Gasteiger partial charge in [0.25, 0.3) is 0 Å². The van der Waals surface area contributed by atoms with Gasteiger partial charge in [-0.3, -0.25) is 9.59 Å². The number of aromatic nitrogens is 4. The number of hydrogen-bond donors (Lipinski definition) is 3. The molecular weight excluding hydrogens is 468 g/mol. The first-order chi connectivity index (χ1) is 17.4. The largest absolute Gasteiger partial charge is 0.504 e. The summed E-state index contributed by atoms with van der Waals surface area (Å²) in [6.07, 6.45) is 3.78. The Labute approximate surface area is 207 Å². The van der Waals surface area contributed by atoms with Crippen LogP contribution in [0.5, 0.6) is 11.5 Å². The normalized spacial score (nSPS) is 14.5. The molecule has 1 fully saturated rings. The van der Waals surface area contributed by atoms with Crippen molar-refractivity contribution in [2.45, 2.75) is 51.2 Å². The number of phenolic OH excluding ortho intramolecular Hbond substituents is 1. The van der Waals surface area contributed by atoms with Gasteiger partial charge >= 0.3 is 0 Å². The Hall–Kier alpha value is -3.93. The van der Waals surface area contributed by atoms with Gasteiger partial charge in [0, 0.05) is 12.6 Å². The van der Waals surface area contributed by atoms with Crippen LogP contribution in [0.2, 0.25) is 0 Å². The minimum Gasteiger partial charge on any atom is -0.504 e. The van der Waals surface area contributed by atoms with Crippen LogP contribution in [-0.4, -0.2) is 73.4 Å². The van der Waals surface area contributed by atoms with Crippen LogP contribution in [-0.2, 0) is 16.1 Å². The van der Waals surface area contributed by atoms with Gasteiger partial charge in [0.2, 0.25) is 17.6 Å². The van der Waals surface area contributed by atoms with Crippen molar-refractivity contribution in [1.82, 2.24) is 30.4 Å².